The maximum atomic E-state index is 13.1. The number of amides is 1. The molecule has 3 nitrogen and oxygen atoms in total. The predicted molar refractivity (Wildman–Crippen MR) is 96.0 cm³/mol. The standard InChI is InChI=1S/C20H16ClFN2O/c21-19-17-4-2-1-3-14(17)11-18(23-19)20(25)24(16-9-10-16)12-13-5-7-15(22)8-6-13/h1-8,11,16H,9-10,12H2. The summed E-state index contributed by atoms with van der Waals surface area (Å²) in [5, 5.41) is 2.06. The minimum atomic E-state index is -0.281. The number of benzene rings is 2. The minimum Gasteiger partial charge on any atom is -0.330 e. The van der Waals surface area contributed by atoms with Crippen molar-refractivity contribution >= 4 is 28.3 Å². The van der Waals surface area contributed by atoms with Gasteiger partial charge in [0.05, 0.1) is 0 Å². The smallest absolute Gasteiger partial charge is 0.273 e. The molecule has 1 aliphatic carbocycles. The van der Waals surface area contributed by atoms with E-state index in [1.807, 2.05) is 24.3 Å². The molecule has 1 saturated carbocycles. The first-order valence-corrected chi connectivity index (χ1v) is 8.60. The molecule has 2 aromatic carbocycles. The first kappa shape index (κ1) is 16.0. The Kier molecular flexibility index (Phi) is 4.14. The number of nitrogens with zero attached hydrogens (tertiary/aromatic N) is 2. The second-order valence-corrected chi connectivity index (χ2v) is 6.67. The van der Waals surface area contributed by atoms with Crippen molar-refractivity contribution in [3.63, 3.8) is 0 Å². The summed E-state index contributed by atoms with van der Waals surface area (Å²) in [6.45, 7) is 0.440. The van der Waals surface area contributed by atoms with Crippen LogP contribution in [0.1, 0.15) is 28.9 Å². The third kappa shape index (κ3) is 3.35. The zero-order chi connectivity index (χ0) is 17.4. The monoisotopic (exact) mass is 354 g/mol. The molecule has 1 heterocycles. The van der Waals surface area contributed by atoms with Gasteiger partial charge >= 0.3 is 0 Å². The van der Waals surface area contributed by atoms with Crippen LogP contribution in [0.15, 0.2) is 54.6 Å². The molecule has 0 bridgehead atoms. The van der Waals surface area contributed by atoms with E-state index < -0.39 is 0 Å². The van der Waals surface area contributed by atoms with Gasteiger partial charge in [0.15, 0.2) is 0 Å². The summed E-state index contributed by atoms with van der Waals surface area (Å²) in [7, 11) is 0. The third-order valence-corrected chi connectivity index (χ3v) is 4.72. The van der Waals surface area contributed by atoms with E-state index in [2.05, 4.69) is 4.98 Å². The summed E-state index contributed by atoms with van der Waals surface area (Å²) in [5.41, 5.74) is 1.24. The van der Waals surface area contributed by atoms with Crippen LogP contribution in [0.4, 0.5) is 4.39 Å². The molecular weight excluding hydrogens is 339 g/mol. The van der Waals surface area contributed by atoms with Gasteiger partial charge in [0.25, 0.3) is 5.91 Å². The highest BCUT2D eigenvalue weighted by Gasteiger charge is 2.33. The van der Waals surface area contributed by atoms with E-state index in [-0.39, 0.29) is 17.8 Å². The van der Waals surface area contributed by atoms with Crippen molar-refractivity contribution in [1.82, 2.24) is 9.88 Å². The normalized spacial score (nSPS) is 13.8. The molecule has 25 heavy (non-hydrogen) atoms. The molecule has 1 aromatic heterocycles. The predicted octanol–water partition coefficient (Wildman–Crippen LogP) is 4.83. The molecule has 1 amide bonds. The van der Waals surface area contributed by atoms with Crippen molar-refractivity contribution in [2.45, 2.75) is 25.4 Å². The summed E-state index contributed by atoms with van der Waals surface area (Å²) in [6.07, 6.45) is 1.96. The lowest BCUT2D eigenvalue weighted by atomic mass is 10.1. The molecule has 0 aliphatic heterocycles. The maximum absolute atomic E-state index is 13.1. The summed E-state index contributed by atoms with van der Waals surface area (Å²) in [6, 6.07) is 15.8. The largest absolute Gasteiger partial charge is 0.330 e. The number of halogens is 2. The molecule has 126 valence electrons. The van der Waals surface area contributed by atoms with E-state index in [1.54, 1.807) is 23.1 Å². The van der Waals surface area contributed by atoms with E-state index >= 15 is 0 Å². The highest BCUT2D eigenvalue weighted by atomic mass is 35.5. The van der Waals surface area contributed by atoms with Crippen molar-refractivity contribution < 1.29 is 9.18 Å². The van der Waals surface area contributed by atoms with Crippen LogP contribution in [0.3, 0.4) is 0 Å². The maximum Gasteiger partial charge on any atom is 0.273 e. The summed E-state index contributed by atoms with van der Waals surface area (Å²) < 4.78 is 13.1. The van der Waals surface area contributed by atoms with Crippen molar-refractivity contribution in [1.29, 1.82) is 0 Å². The van der Waals surface area contributed by atoms with Crippen LogP contribution in [0, 0.1) is 5.82 Å². The average molecular weight is 355 g/mol. The highest BCUT2D eigenvalue weighted by Crippen LogP contribution is 2.31. The Morgan fingerprint density at radius 2 is 1.88 bits per heavy atom. The highest BCUT2D eigenvalue weighted by molar-refractivity contribution is 6.34. The Morgan fingerprint density at radius 1 is 1.16 bits per heavy atom. The fourth-order valence-corrected chi connectivity index (χ4v) is 3.22. The molecule has 1 fully saturated rings. The fraction of sp³-hybridized carbons (Fsp3) is 0.200. The third-order valence-electron chi connectivity index (χ3n) is 4.43. The number of pyridine rings is 1. The molecule has 0 saturated heterocycles. The lowest BCUT2D eigenvalue weighted by Crippen LogP contribution is -2.33. The van der Waals surface area contributed by atoms with Crippen LogP contribution in [-0.4, -0.2) is 21.8 Å². The quantitative estimate of drug-likeness (QED) is 0.628. The number of carbonyl (C=O) groups is 1. The number of aromatic nitrogens is 1. The van der Waals surface area contributed by atoms with Crippen LogP contribution in [0.5, 0.6) is 0 Å². The number of carbonyl (C=O) groups excluding carboxylic acids is 1. The molecule has 0 atom stereocenters. The van der Waals surface area contributed by atoms with E-state index in [4.69, 9.17) is 11.6 Å². The van der Waals surface area contributed by atoms with Gasteiger partial charge in [-0.15, -0.1) is 0 Å². The van der Waals surface area contributed by atoms with Gasteiger partial charge in [-0.1, -0.05) is 48.0 Å². The van der Waals surface area contributed by atoms with Gasteiger partial charge in [-0.25, -0.2) is 9.37 Å². The Morgan fingerprint density at radius 3 is 2.60 bits per heavy atom. The number of rotatable bonds is 4. The Hall–Kier alpha value is -2.46. The van der Waals surface area contributed by atoms with Crippen molar-refractivity contribution in [2.75, 3.05) is 0 Å². The van der Waals surface area contributed by atoms with Crippen LogP contribution < -0.4 is 0 Å². The lowest BCUT2D eigenvalue weighted by Gasteiger charge is -2.22. The fourth-order valence-electron chi connectivity index (χ4n) is 2.95. The van der Waals surface area contributed by atoms with Crippen LogP contribution in [0.25, 0.3) is 10.8 Å². The number of hydrogen-bond donors (Lipinski definition) is 0. The molecule has 1 aliphatic rings. The first-order chi connectivity index (χ1) is 12.1. The average Bonchev–Trinajstić information content (AvgIpc) is 3.45. The van der Waals surface area contributed by atoms with Crippen molar-refractivity contribution in [2.24, 2.45) is 0 Å². The SMILES string of the molecule is O=C(c1cc2ccccc2c(Cl)n1)N(Cc1ccc(F)cc1)C1CC1. The van der Waals surface area contributed by atoms with Gasteiger partial charge in [-0.2, -0.15) is 0 Å². The summed E-state index contributed by atoms with van der Waals surface area (Å²) in [5.74, 6) is -0.421. The Labute approximate surface area is 150 Å². The first-order valence-electron chi connectivity index (χ1n) is 8.22. The van der Waals surface area contributed by atoms with E-state index in [0.717, 1.165) is 29.2 Å². The van der Waals surface area contributed by atoms with Crippen molar-refractivity contribution in [3.8, 4) is 0 Å². The number of hydrogen-bond acceptors (Lipinski definition) is 2. The molecule has 5 heteroatoms. The lowest BCUT2D eigenvalue weighted by molar-refractivity contribution is 0.0724. The van der Waals surface area contributed by atoms with Gasteiger partial charge in [0, 0.05) is 18.0 Å². The van der Waals surface area contributed by atoms with E-state index in [0.29, 0.717) is 17.4 Å². The van der Waals surface area contributed by atoms with Gasteiger partial charge < -0.3 is 4.90 Å². The van der Waals surface area contributed by atoms with Gasteiger partial charge in [0.1, 0.15) is 16.7 Å². The summed E-state index contributed by atoms with van der Waals surface area (Å²) in [4.78, 5) is 19.1. The second kappa shape index (κ2) is 6.45. The van der Waals surface area contributed by atoms with E-state index in [1.165, 1.54) is 12.1 Å². The van der Waals surface area contributed by atoms with Crippen molar-refractivity contribution in [3.05, 3.63) is 76.8 Å². The van der Waals surface area contributed by atoms with Crippen LogP contribution in [0.2, 0.25) is 5.15 Å². The zero-order valence-corrected chi connectivity index (χ0v) is 14.2. The van der Waals surface area contributed by atoms with Crippen LogP contribution >= 0.6 is 11.6 Å². The van der Waals surface area contributed by atoms with Gasteiger partial charge in [-0.05, 0) is 42.0 Å². The number of fused-ring (bicyclic) bond motifs is 1. The zero-order valence-electron chi connectivity index (χ0n) is 13.5. The second-order valence-electron chi connectivity index (χ2n) is 6.31. The Bertz CT molecular complexity index is 938. The van der Waals surface area contributed by atoms with Gasteiger partial charge in [-0.3, -0.25) is 4.79 Å². The van der Waals surface area contributed by atoms with Gasteiger partial charge in [0.2, 0.25) is 0 Å². The molecular formula is C20H16ClFN2O. The Balaban J connectivity index is 1.66. The molecule has 4 rings (SSSR count). The van der Waals surface area contributed by atoms with Crippen LogP contribution in [-0.2, 0) is 6.54 Å². The molecule has 0 N–H and O–H groups in total. The molecule has 0 spiro atoms. The molecule has 3 aromatic rings. The summed E-state index contributed by atoms with van der Waals surface area (Å²) >= 11 is 6.26. The molecule has 0 radical (unpaired) electrons. The molecule has 0 unspecified atom stereocenters. The minimum absolute atomic E-state index is 0.139. The topological polar surface area (TPSA) is 33.2 Å². The van der Waals surface area contributed by atoms with E-state index in [9.17, 15) is 9.18 Å².